The van der Waals surface area contributed by atoms with Crippen molar-refractivity contribution in [2.75, 3.05) is 5.32 Å². The molecule has 2 aromatic rings. The molecule has 1 aliphatic heterocycles. The first-order valence-electron chi connectivity index (χ1n) is 5.88. The molecule has 3 rings (SSSR count). The summed E-state index contributed by atoms with van der Waals surface area (Å²) in [5.74, 6) is 0.870. The number of amides is 1. The number of rotatable bonds is 1. The maximum absolute atomic E-state index is 11.8. The lowest BCUT2D eigenvalue weighted by Gasteiger charge is -2.22. The standard InChI is InChI=1S/C12H15N5O/c1-7-9(5-13-16(7)2)8-4-11(18)15-12-10(8)6-14-17(12)3/h5-6,8H,4H2,1-3H3,(H,15,18)/t8-/m1/s1. The summed E-state index contributed by atoms with van der Waals surface area (Å²) in [4.78, 5) is 11.8. The van der Waals surface area contributed by atoms with Crippen LogP contribution in [0.1, 0.15) is 29.2 Å². The van der Waals surface area contributed by atoms with Gasteiger partial charge in [0.15, 0.2) is 0 Å². The number of nitrogens with zero attached hydrogens (tertiary/aromatic N) is 4. The average molecular weight is 245 g/mol. The van der Waals surface area contributed by atoms with Crippen LogP contribution in [0.3, 0.4) is 0 Å². The van der Waals surface area contributed by atoms with Crippen molar-refractivity contribution < 1.29 is 4.79 Å². The van der Waals surface area contributed by atoms with Crippen molar-refractivity contribution in [1.29, 1.82) is 0 Å². The summed E-state index contributed by atoms with van der Waals surface area (Å²) in [5.41, 5.74) is 3.25. The Balaban J connectivity index is 2.13. The molecule has 0 spiro atoms. The Bertz CT molecular complexity index is 624. The predicted octanol–water partition coefficient (Wildman–Crippen LogP) is 0.936. The summed E-state index contributed by atoms with van der Waals surface area (Å²) in [5, 5.41) is 11.3. The van der Waals surface area contributed by atoms with E-state index in [4.69, 9.17) is 0 Å². The summed E-state index contributed by atoms with van der Waals surface area (Å²) < 4.78 is 3.53. The summed E-state index contributed by atoms with van der Waals surface area (Å²) in [7, 11) is 3.74. The molecule has 1 aliphatic rings. The van der Waals surface area contributed by atoms with Gasteiger partial charge in [-0.3, -0.25) is 14.2 Å². The fourth-order valence-corrected chi connectivity index (χ4v) is 2.48. The maximum Gasteiger partial charge on any atom is 0.226 e. The lowest BCUT2D eigenvalue weighted by Crippen LogP contribution is -2.24. The molecule has 1 N–H and O–H groups in total. The van der Waals surface area contributed by atoms with E-state index in [0.717, 1.165) is 22.6 Å². The van der Waals surface area contributed by atoms with Crippen LogP contribution in [-0.4, -0.2) is 25.5 Å². The fraction of sp³-hybridized carbons (Fsp3) is 0.417. The zero-order valence-corrected chi connectivity index (χ0v) is 10.6. The molecule has 0 unspecified atom stereocenters. The van der Waals surface area contributed by atoms with Gasteiger partial charge in [0.2, 0.25) is 5.91 Å². The van der Waals surface area contributed by atoms with Gasteiger partial charge >= 0.3 is 0 Å². The third-order valence-corrected chi connectivity index (χ3v) is 3.64. The molecular weight excluding hydrogens is 230 g/mol. The maximum atomic E-state index is 11.8. The van der Waals surface area contributed by atoms with E-state index < -0.39 is 0 Å². The Kier molecular flexibility index (Phi) is 2.26. The molecular formula is C12H15N5O. The van der Waals surface area contributed by atoms with Crippen molar-refractivity contribution in [2.24, 2.45) is 14.1 Å². The van der Waals surface area contributed by atoms with Gasteiger partial charge in [0.05, 0.1) is 12.4 Å². The number of carbonyl (C=O) groups is 1. The van der Waals surface area contributed by atoms with Gasteiger partial charge in [-0.1, -0.05) is 0 Å². The summed E-state index contributed by atoms with van der Waals surface area (Å²) in [6.07, 6.45) is 4.12. The van der Waals surface area contributed by atoms with Crippen LogP contribution in [0.25, 0.3) is 0 Å². The van der Waals surface area contributed by atoms with Gasteiger partial charge in [-0.2, -0.15) is 10.2 Å². The highest BCUT2D eigenvalue weighted by molar-refractivity contribution is 5.94. The molecule has 3 heterocycles. The van der Waals surface area contributed by atoms with Crippen LogP contribution in [-0.2, 0) is 18.9 Å². The second-order valence-corrected chi connectivity index (χ2v) is 4.69. The molecule has 94 valence electrons. The van der Waals surface area contributed by atoms with E-state index in [1.165, 1.54) is 0 Å². The minimum absolute atomic E-state index is 0.0272. The second kappa shape index (κ2) is 3.69. The van der Waals surface area contributed by atoms with Crippen molar-refractivity contribution in [1.82, 2.24) is 19.6 Å². The van der Waals surface area contributed by atoms with Crippen molar-refractivity contribution in [3.05, 3.63) is 29.2 Å². The minimum Gasteiger partial charge on any atom is -0.311 e. The second-order valence-electron chi connectivity index (χ2n) is 4.69. The Morgan fingerprint density at radius 3 is 2.56 bits per heavy atom. The zero-order valence-electron chi connectivity index (χ0n) is 10.6. The lowest BCUT2D eigenvalue weighted by atomic mass is 9.88. The van der Waals surface area contributed by atoms with E-state index in [-0.39, 0.29) is 11.8 Å². The summed E-state index contributed by atoms with van der Waals surface area (Å²) >= 11 is 0. The molecule has 0 aliphatic carbocycles. The van der Waals surface area contributed by atoms with Crippen molar-refractivity contribution in [3.8, 4) is 0 Å². The molecule has 0 saturated carbocycles. The molecule has 1 atom stereocenters. The van der Waals surface area contributed by atoms with Gasteiger partial charge in [-0.05, 0) is 6.92 Å². The molecule has 0 radical (unpaired) electrons. The molecule has 1 amide bonds. The molecule has 0 saturated heterocycles. The monoisotopic (exact) mass is 245 g/mol. The quantitative estimate of drug-likeness (QED) is 0.813. The van der Waals surface area contributed by atoms with Crippen LogP contribution in [0.2, 0.25) is 0 Å². The molecule has 6 nitrogen and oxygen atoms in total. The van der Waals surface area contributed by atoms with Crippen LogP contribution in [0.4, 0.5) is 5.82 Å². The highest BCUT2D eigenvalue weighted by Gasteiger charge is 2.31. The third kappa shape index (κ3) is 1.45. The van der Waals surface area contributed by atoms with E-state index in [9.17, 15) is 4.79 Å². The van der Waals surface area contributed by atoms with Crippen molar-refractivity contribution in [3.63, 3.8) is 0 Å². The normalized spacial score (nSPS) is 18.6. The van der Waals surface area contributed by atoms with E-state index in [1.54, 1.807) is 4.68 Å². The highest BCUT2D eigenvalue weighted by Crippen LogP contribution is 2.37. The Morgan fingerprint density at radius 2 is 1.89 bits per heavy atom. The van der Waals surface area contributed by atoms with Gasteiger partial charge in [0.25, 0.3) is 0 Å². The Morgan fingerprint density at radius 1 is 1.22 bits per heavy atom. The zero-order chi connectivity index (χ0) is 12.9. The summed E-state index contributed by atoms with van der Waals surface area (Å²) in [6.45, 7) is 2.02. The number of hydrogen-bond donors (Lipinski definition) is 1. The molecule has 0 fully saturated rings. The molecule has 6 heteroatoms. The number of nitrogens with one attached hydrogen (secondary N) is 1. The topological polar surface area (TPSA) is 64.7 Å². The largest absolute Gasteiger partial charge is 0.311 e. The molecule has 2 aromatic heterocycles. The first-order valence-corrected chi connectivity index (χ1v) is 5.88. The number of aromatic nitrogens is 4. The smallest absolute Gasteiger partial charge is 0.226 e. The fourth-order valence-electron chi connectivity index (χ4n) is 2.48. The highest BCUT2D eigenvalue weighted by atomic mass is 16.1. The predicted molar refractivity (Wildman–Crippen MR) is 66.2 cm³/mol. The number of aryl methyl sites for hydroxylation is 2. The Hall–Kier alpha value is -2.11. The van der Waals surface area contributed by atoms with Gasteiger partial charge < -0.3 is 5.32 Å². The minimum atomic E-state index is 0.0272. The van der Waals surface area contributed by atoms with Crippen LogP contribution in [0.15, 0.2) is 12.4 Å². The van der Waals surface area contributed by atoms with E-state index in [1.807, 2.05) is 38.1 Å². The third-order valence-electron chi connectivity index (χ3n) is 3.64. The van der Waals surface area contributed by atoms with Gasteiger partial charge in [0, 0.05) is 43.3 Å². The van der Waals surface area contributed by atoms with Crippen LogP contribution >= 0.6 is 0 Å². The first kappa shape index (κ1) is 11.0. The van der Waals surface area contributed by atoms with Crippen LogP contribution in [0.5, 0.6) is 0 Å². The van der Waals surface area contributed by atoms with E-state index in [0.29, 0.717) is 6.42 Å². The molecule has 0 aromatic carbocycles. The molecule has 0 bridgehead atoms. The van der Waals surface area contributed by atoms with Crippen molar-refractivity contribution in [2.45, 2.75) is 19.3 Å². The van der Waals surface area contributed by atoms with Gasteiger partial charge in [-0.15, -0.1) is 0 Å². The van der Waals surface area contributed by atoms with Crippen molar-refractivity contribution >= 4 is 11.7 Å². The summed E-state index contributed by atoms with van der Waals surface area (Å²) in [6, 6.07) is 0. The van der Waals surface area contributed by atoms with E-state index in [2.05, 4.69) is 15.5 Å². The molecule has 18 heavy (non-hydrogen) atoms. The number of anilines is 1. The van der Waals surface area contributed by atoms with Crippen LogP contribution < -0.4 is 5.32 Å². The lowest BCUT2D eigenvalue weighted by molar-refractivity contribution is -0.116. The Labute approximate surface area is 105 Å². The van der Waals surface area contributed by atoms with E-state index >= 15 is 0 Å². The first-order chi connectivity index (χ1) is 8.58. The number of fused-ring (bicyclic) bond motifs is 1. The number of carbonyl (C=O) groups excluding carboxylic acids is 1. The van der Waals surface area contributed by atoms with Crippen LogP contribution in [0, 0.1) is 6.92 Å². The van der Waals surface area contributed by atoms with Gasteiger partial charge in [0.1, 0.15) is 5.82 Å². The SMILES string of the molecule is Cc1c([C@H]2CC(=O)Nc3c2cnn3C)cnn1C. The number of hydrogen-bond acceptors (Lipinski definition) is 3. The van der Waals surface area contributed by atoms with Gasteiger partial charge in [-0.25, -0.2) is 0 Å². The average Bonchev–Trinajstić information content (AvgIpc) is 2.85.